The summed E-state index contributed by atoms with van der Waals surface area (Å²) in [5, 5.41) is 10.3. The number of aromatic nitrogens is 1. The monoisotopic (exact) mass is 335 g/mol. The number of aromatic amines is 1. The molecule has 130 valence electrons. The first-order valence-electron chi connectivity index (χ1n) is 8.88. The van der Waals surface area contributed by atoms with Crippen LogP contribution >= 0.6 is 0 Å². The Kier molecular flexibility index (Phi) is 5.22. The molecule has 2 N–H and O–H groups in total. The second-order valence-corrected chi connectivity index (χ2v) is 6.85. The molecule has 1 heterocycles. The minimum atomic E-state index is -0.723. The molecule has 3 heteroatoms. The van der Waals surface area contributed by atoms with Gasteiger partial charge in [-0.3, -0.25) is 4.79 Å². The number of aryl methyl sites for hydroxylation is 2. The summed E-state index contributed by atoms with van der Waals surface area (Å²) in [5.41, 5.74) is 6.38. The van der Waals surface area contributed by atoms with E-state index in [2.05, 4.69) is 61.3 Å². The van der Waals surface area contributed by atoms with E-state index in [4.69, 9.17) is 5.11 Å². The lowest BCUT2D eigenvalue weighted by Crippen LogP contribution is -2.06. The molecule has 3 rings (SSSR count). The van der Waals surface area contributed by atoms with Gasteiger partial charge in [0.15, 0.2) is 0 Å². The highest BCUT2D eigenvalue weighted by molar-refractivity contribution is 5.80. The zero-order chi connectivity index (χ0) is 17.8. The van der Waals surface area contributed by atoms with Crippen molar-refractivity contribution in [3.63, 3.8) is 0 Å². The van der Waals surface area contributed by atoms with Crippen LogP contribution < -0.4 is 0 Å². The van der Waals surface area contributed by atoms with E-state index in [0.717, 1.165) is 18.4 Å². The molecule has 0 aliphatic carbocycles. The van der Waals surface area contributed by atoms with Crippen LogP contribution in [0.4, 0.5) is 0 Å². The molecule has 3 nitrogen and oxygen atoms in total. The number of nitrogens with one attached hydrogen (secondary N) is 1. The molecule has 0 saturated heterocycles. The fraction of sp³-hybridized carbons (Fsp3) is 0.318. The number of hydrogen-bond donors (Lipinski definition) is 2. The molecule has 0 bridgehead atoms. The average Bonchev–Trinajstić information content (AvgIpc) is 3.06. The number of carbonyl (C=O) groups is 1. The molecule has 1 aromatic heterocycles. The zero-order valence-corrected chi connectivity index (χ0v) is 14.9. The topological polar surface area (TPSA) is 53.1 Å². The number of carboxylic acids is 1. The van der Waals surface area contributed by atoms with Crippen molar-refractivity contribution in [2.24, 2.45) is 0 Å². The van der Waals surface area contributed by atoms with Gasteiger partial charge >= 0.3 is 5.97 Å². The molecule has 0 spiro atoms. The lowest BCUT2D eigenvalue weighted by molar-refractivity contribution is -0.137. The Bertz CT molecular complexity index is 879. The zero-order valence-electron chi connectivity index (χ0n) is 14.9. The van der Waals surface area contributed by atoms with Gasteiger partial charge in [0.05, 0.1) is 0 Å². The highest BCUT2D eigenvalue weighted by Gasteiger charge is 2.15. The standard InChI is InChI=1S/C22H25NO2/c1-15-4-3-5-17(16(15)2)6-7-18(9-11-22(24)25)19-8-10-21-20(14-19)12-13-23-21/h3-5,8,10,12-14,18,23H,6-7,9,11H2,1-2H3,(H,24,25). The number of fused-ring (bicyclic) bond motifs is 1. The maximum absolute atomic E-state index is 11.1. The van der Waals surface area contributed by atoms with Gasteiger partial charge in [0, 0.05) is 18.1 Å². The lowest BCUT2D eigenvalue weighted by Gasteiger charge is -2.18. The van der Waals surface area contributed by atoms with Gasteiger partial charge in [0.1, 0.15) is 0 Å². The van der Waals surface area contributed by atoms with Gasteiger partial charge in [0.2, 0.25) is 0 Å². The number of hydrogen-bond acceptors (Lipinski definition) is 1. The summed E-state index contributed by atoms with van der Waals surface area (Å²) < 4.78 is 0. The molecule has 25 heavy (non-hydrogen) atoms. The molecule has 1 atom stereocenters. The summed E-state index contributed by atoms with van der Waals surface area (Å²) in [5.74, 6) is -0.463. The number of H-pyrrole nitrogens is 1. The van der Waals surface area contributed by atoms with Crippen molar-refractivity contribution in [3.05, 3.63) is 70.9 Å². The van der Waals surface area contributed by atoms with Crippen LogP contribution in [0.3, 0.4) is 0 Å². The number of benzene rings is 2. The van der Waals surface area contributed by atoms with E-state index in [1.54, 1.807) is 0 Å². The maximum Gasteiger partial charge on any atom is 0.303 e. The van der Waals surface area contributed by atoms with Crippen LogP contribution in [0.25, 0.3) is 10.9 Å². The van der Waals surface area contributed by atoms with Gasteiger partial charge < -0.3 is 10.1 Å². The smallest absolute Gasteiger partial charge is 0.303 e. The minimum absolute atomic E-state index is 0.211. The Morgan fingerprint density at radius 2 is 1.96 bits per heavy atom. The first kappa shape index (κ1) is 17.3. The summed E-state index contributed by atoms with van der Waals surface area (Å²) in [6.45, 7) is 4.31. The summed E-state index contributed by atoms with van der Waals surface area (Å²) in [4.78, 5) is 14.3. The Labute approximate surface area is 148 Å². The van der Waals surface area contributed by atoms with Gasteiger partial charge in [-0.1, -0.05) is 24.3 Å². The second-order valence-electron chi connectivity index (χ2n) is 6.85. The largest absolute Gasteiger partial charge is 0.481 e. The van der Waals surface area contributed by atoms with Gasteiger partial charge in [-0.05, 0) is 84.9 Å². The van der Waals surface area contributed by atoms with Gasteiger partial charge in [-0.25, -0.2) is 0 Å². The quantitative estimate of drug-likeness (QED) is 0.610. The van der Waals surface area contributed by atoms with Crippen molar-refractivity contribution in [1.29, 1.82) is 0 Å². The van der Waals surface area contributed by atoms with Gasteiger partial charge in [-0.15, -0.1) is 0 Å². The third-order valence-corrected chi connectivity index (χ3v) is 5.23. The van der Waals surface area contributed by atoms with Crippen LogP contribution in [-0.2, 0) is 11.2 Å². The molecule has 0 aliphatic rings. The van der Waals surface area contributed by atoms with Crippen LogP contribution in [0, 0.1) is 13.8 Å². The normalized spacial score (nSPS) is 12.4. The van der Waals surface area contributed by atoms with Crippen LogP contribution in [0.1, 0.15) is 47.4 Å². The fourth-order valence-corrected chi connectivity index (χ4v) is 3.51. The van der Waals surface area contributed by atoms with E-state index < -0.39 is 5.97 Å². The van der Waals surface area contributed by atoms with Crippen molar-refractivity contribution in [2.45, 2.75) is 45.4 Å². The Hall–Kier alpha value is -2.55. The molecule has 0 fully saturated rings. The van der Waals surface area contributed by atoms with Crippen LogP contribution in [0.2, 0.25) is 0 Å². The van der Waals surface area contributed by atoms with E-state index >= 15 is 0 Å². The first-order valence-corrected chi connectivity index (χ1v) is 8.88. The third kappa shape index (κ3) is 4.11. The molecule has 1 unspecified atom stereocenters. The van der Waals surface area contributed by atoms with Crippen molar-refractivity contribution in [2.75, 3.05) is 0 Å². The fourth-order valence-electron chi connectivity index (χ4n) is 3.51. The Morgan fingerprint density at radius 3 is 2.76 bits per heavy atom. The molecular formula is C22H25NO2. The number of carboxylic acid groups (broad SMARTS) is 1. The van der Waals surface area contributed by atoms with E-state index in [9.17, 15) is 4.79 Å². The summed E-state index contributed by atoms with van der Waals surface area (Å²) >= 11 is 0. The van der Waals surface area contributed by atoms with Crippen molar-refractivity contribution in [3.8, 4) is 0 Å². The van der Waals surface area contributed by atoms with E-state index in [-0.39, 0.29) is 12.3 Å². The Morgan fingerprint density at radius 1 is 1.12 bits per heavy atom. The molecule has 2 aromatic carbocycles. The Balaban J connectivity index is 1.81. The highest BCUT2D eigenvalue weighted by atomic mass is 16.4. The minimum Gasteiger partial charge on any atom is -0.481 e. The third-order valence-electron chi connectivity index (χ3n) is 5.23. The summed E-state index contributed by atoms with van der Waals surface area (Å²) in [6.07, 6.45) is 4.77. The molecule has 0 amide bonds. The van der Waals surface area contributed by atoms with Crippen molar-refractivity contribution in [1.82, 2.24) is 4.98 Å². The van der Waals surface area contributed by atoms with Crippen LogP contribution in [0.5, 0.6) is 0 Å². The van der Waals surface area contributed by atoms with E-state index in [0.29, 0.717) is 6.42 Å². The lowest BCUT2D eigenvalue weighted by atomic mass is 9.87. The van der Waals surface area contributed by atoms with Crippen molar-refractivity contribution >= 4 is 16.9 Å². The average molecular weight is 335 g/mol. The van der Waals surface area contributed by atoms with E-state index in [1.165, 1.54) is 27.6 Å². The van der Waals surface area contributed by atoms with Crippen molar-refractivity contribution < 1.29 is 9.90 Å². The number of aliphatic carboxylic acids is 1. The molecule has 0 radical (unpaired) electrons. The highest BCUT2D eigenvalue weighted by Crippen LogP contribution is 2.30. The molecule has 0 aliphatic heterocycles. The second kappa shape index (κ2) is 7.56. The number of rotatable bonds is 7. The van der Waals surface area contributed by atoms with E-state index in [1.807, 2.05) is 6.20 Å². The van der Waals surface area contributed by atoms with Crippen LogP contribution in [-0.4, -0.2) is 16.1 Å². The molecule has 3 aromatic rings. The summed E-state index contributed by atoms with van der Waals surface area (Å²) in [6, 6.07) is 14.9. The first-order chi connectivity index (χ1) is 12.0. The molecule has 0 saturated carbocycles. The van der Waals surface area contributed by atoms with Gasteiger partial charge in [-0.2, -0.15) is 0 Å². The summed E-state index contributed by atoms with van der Waals surface area (Å²) in [7, 11) is 0. The molecular weight excluding hydrogens is 310 g/mol. The maximum atomic E-state index is 11.1. The predicted octanol–water partition coefficient (Wildman–Crippen LogP) is 5.37. The SMILES string of the molecule is Cc1cccc(CCC(CCC(=O)O)c2ccc3[nH]ccc3c2)c1C. The van der Waals surface area contributed by atoms with Gasteiger partial charge in [0.25, 0.3) is 0 Å². The predicted molar refractivity (Wildman–Crippen MR) is 102 cm³/mol. The van der Waals surface area contributed by atoms with Crippen LogP contribution in [0.15, 0.2) is 48.7 Å².